The van der Waals surface area contributed by atoms with Crippen molar-refractivity contribution in [3.63, 3.8) is 0 Å². The molecule has 8 heteroatoms. The third-order valence-electron chi connectivity index (χ3n) is 5.72. The van der Waals surface area contributed by atoms with Crippen LogP contribution in [0.25, 0.3) is 0 Å². The molecule has 0 unspecified atom stereocenters. The van der Waals surface area contributed by atoms with Crippen molar-refractivity contribution in [2.75, 3.05) is 20.2 Å². The lowest BCUT2D eigenvalue weighted by Crippen LogP contribution is -2.30. The highest BCUT2D eigenvalue weighted by Crippen LogP contribution is 2.33. The van der Waals surface area contributed by atoms with Crippen molar-refractivity contribution in [2.45, 2.75) is 50.0 Å². The van der Waals surface area contributed by atoms with E-state index in [1.807, 2.05) is 24.2 Å². The number of aromatic amines is 1. The molecule has 2 fully saturated rings. The number of likely N-dealkylation sites (tertiary alicyclic amines) is 1. The lowest BCUT2D eigenvalue weighted by Gasteiger charge is -2.19. The largest absolute Gasteiger partial charge is 0.379 e. The van der Waals surface area contributed by atoms with Crippen LogP contribution in [0.1, 0.15) is 65.8 Å². The Morgan fingerprint density at radius 2 is 2.08 bits per heavy atom. The summed E-state index contributed by atoms with van der Waals surface area (Å²) in [7, 11) is 3.52. The molecule has 2 aromatic rings. The van der Waals surface area contributed by atoms with Gasteiger partial charge in [-0.1, -0.05) is 24.5 Å². The number of aryl methyl sites for hydroxylation is 1. The van der Waals surface area contributed by atoms with Crippen molar-refractivity contribution in [3.05, 3.63) is 29.3 Å². The summed E-state index contributed by atoms with van der Waals surface area (Å²) in [5.41, 5.74) is 2.46. The molecule has 0 bridgehead atoms. The smallest absolute Gasteiger partial charge is 0.274 e. The summed E-state index contributed by atoms with van der Waals surface area (Å²) < 4.78 is 7.28. The first-order valence-corrected chi connectivity index (χ1v) is 9.39. The minimum Gasteiger partial charge on any atom is -0.379 e. The Morgan fingerprint density at radius 1 is 1.27 bits per heavy atom. The van der Waals surface area contributed by atoms with Crippen LogP contribution in [0.15, 0.2) is 12.3 Å². The zero-order chi connectivity index (χ0) is 18.1. The van der Waals surface area contributed by atoms with Gasteiger partial charge in [0.15, 0.2) is 0 Å². The molecule has 0 aromatic carbocycles. The molecule has 1 aliphatic carbocycles. The molecule has 1 N–H and O–H groups in total. The van der Waals surface area contributed by atoms with E-state index in [2.05, 4.69) is 20.5 Å². The van der Waals surface area contributed by atoms with Crippen LogP contribution in [0.4, 0.5) is 0 Å². The number of methoxy groups -OCH3 is 1. The number of nitrogens with zero attached hydrogens (tertiary/aromatic N) is 5. The first-order valence-electron chi connectivity index (χ1n) is 9.39. The molecule has 2 aromatic heterocycles. The maximum Gasteiger partial charge on any atom is 0.274 e. The number of rotatable bonds is 4. The van der Waals surface area contributed by atoms with Gasteiger partial charge in [-0.25, -0.2) is 0 Å². The van der Waals surface area contributed by atoms with Gasteiger partial charge in [0.2, 0.25) is 0 Å². The fraction of sp³-hybridized carbons (Fsp3) is 0.667. The van der Waals surface area contributed by atoms with E-state index in [0.29, 0.717) is 24.7 Å². The van der Waals surface area contributed by atoms with Gasteiger partial charge in [0, 0.05) is 45.1 Å². The van der Waals surface area contributed by atoms with Crippen LogP contribution in [0.5, 0.6) is 0 Å². The maximum atomic E-state index is 12.9. The Hall–Kier alpha value is -2.22. The first-order chi connectivity index (χ1) is 12.7. The van der Waals surface area contributed by atoms with Gasteiger partial charge < -0.3 is 9.64 Å². The fourth-order valence-electron chi connectivity index (χ4n) is 4.23. The molecular formula is C18H26N6O2. The number of amides is 1. The average molecular weight is 358 g/mol. The zero-order valence-electron chi connectivity index (χ0n) is 15.4. The molecule has 3 heterocycles. The van der Waals surface area contributed by atoms with Crippen molar-refractivity contribution in [1.29, 1.82) is 0 Å². The molecule has 0 radical (unpaired) electrons. The van der Waals surface area contributed by atoms with Crippen molar-refractivity contribution >= 4 is 5.91 Å². The summed E-state index contributed by atoms with van der Waals surface area (Å²) in [5, 5.41) is 15.6. The van der Waals surface area contributed by atoms with Crippen LogP contribution in [-0.4, -0.2) is 62.3 Å². The van der Waals surface area contributed by atoms with Gasteiger partial charge >= 0.3 is 0 Å². The number of ether oxygens (including phenoxy) is 1. The molecule has 2 aliphatic rings. The van der Waals surface area contributed by atoms with Gasteiger partial charge in [0.1, 0.15) is 5.69 Å². The minimum absolute atomic E-state index is 0.0365. The highest BCUT2D eigenvalue weighted by atomic mass is 16.5. The van der Waals surface area contributed by atoms with Gasteiger partial charge in [-0.15, -0.1) is 5.10 Å². The van der Waals surface area contributed by atoms with Crippen molar-refractivity contribution in [3.8, 4) is 0 Å². The van der Waals surface area contributed by atoms with Crippen LogP contribution in [0.2, 0.25) is 0 Å². The average Bonchev–Trinajstić information content (AvgIpc) is 3.40. The number of aromatic nitrogens is 5. The molecule has 1 saturated carbocycles. The van der Waals surface area contributed by atoms with Gasteiger partial charge in [-0.2, -0.15) is 5.10 Å². The molecule has 2 atom stereocenters. The number of carbonyl (C=O) groups is 1. The van der Waals surface area contributed by atoms with E-state index in [1.165, 1.54) is 32.1 Å². The monoisotopic (exact) mass is 358 g/mol. The lowest BCUT2D eigenvalue weighted by atomic mass is 9.87. The highest BCUT2D eigenvalue weighted by molar-refractivity contribution is 5.92. The maximum absolute atomic E-state index is 12.9. The Kier molecular flexibility index (Phi) is 4.76. The van der Waals surface area contributed by atoms with Gasteiger partial charge in [0.05, 0.1) is 17.7 Å². The second-order valence-corrected chi connectivity index (χ2v) is 7.45. The standard InChI is InChI=1S/C18H26N6O2/c1-23-10-16(21-22-23)13-9-24(11-17(13)26-2)18(25)15-8-14(19-20-15)12-6-4-3-5-7-12/h8,10,12-13,17H,3-7,9,11H2,1-2H3,(H,19,20)/t13-,17+/m0/s1. The van der Waals surface area contributed by atoms with Crippen molar-refractivity contribution < 1.29 is 9.53 Å². The second-order valence-electron chi connectivity index (χ2n) is 7.45. The van der Waals surface area contributed by atoms with Gasteiger partial charge in [-0.3, -0.25) is 14.6 Å². The predicted molar refractivity (Wildman–Crippen MR) is 94.9 cm³/mol. The number of hydrogen-bond acceptors (Lipinski definition) is 5. The predicted octanol–water partition coefficient (Wildman–Crippen LogP) is 1.84. The van der Waals surface area contributed by atoms with E-state index >= 15 is 0 Å². The first kappa shape index (κ1) is 17.2. The van der Waals surface area contributed by atoms with Crippen LogP contribution in [0.3, 0.4) is 0 Å². The molecule has 0 spiro atoms. The Bertz CT molecular complexity index is 763. The normalized spacial score (nSPS) is 24.3. The number of hydrogen-bond donors (Lipinski definition) is 1. The molecule has 140 valence electrons. The van der Waals surface area contributed by atoms with Crippen LogP contribution >= 0.6 is 0 Å². The van der Waals surface area contributed by atoms with Crippen LogP contribution < -0.4 is 0 Å². The van der Waals surface area contributed by atoms with Gasteiger partial charge in [-0.05, 0) is 18.9 Å². The summed E-state index contributed by atoms with van der Waals surface area (Å²) in [4.78, 5) is 14.7. The summed E-state index contributed by atoms with van der Waals surface area (Å²) >= 11 is 0. The molecule has 1 amide bonds. The number of carbonyl (C=O) groups excluding carboxylic acids is 1. The van der Waals surface area contributed by atoms with E-state index < -0.39 is 0 Å². The SMILES string of the molecule is CO[C@@H]1CN(C(=O)c2cc(C3CCCCC3)[nH]n2)C[C@H]1c1cn(C)nn1. The third-order valence-corrected chi connectivity index (χ3v) is 5.72. The van der Waals surface area contributed by atoms with E-state index in [4.69, 9.17) is 4.74 Å². The molecule has 1 saturated heterocycles. The second kappa shape index (κ2) is 7.19. The van der Waals surface area contributed by atoms with E-state index in [0.717, 1.165) is 11.4 Å². The van der Waals surface area contributed by atoms with E-state index in [9.17, 15) is 4.79 Å². The van der Waals surface area contributed by atoms with Gasteiger partial charge in [0.25, 0.3) is 5.91 Å². The van der Waals surface area contributed by atoms with E-state index in [-0.39, 0.29) is 17.9 Å². The third kappa shape index (κ3) is 3.25. The summed E-state index contributed by atoms with van der Waals surface area (Å²) in [5.74, 6) is 0.501. The minimum atomic E-state index is -0.0765. The number of H-pyrrole nitrogens is 1. The number of nitrogens with one attached hydrogen (secondary N) is 1. The molecule has 1 aliphatic heterocycles. The molecule has 26 heavy (non-hydrogen) atoms. The molecule has 4 rings (SSSR count). The highest BCUT2D eigenvalue weighted by Gasteiger charge is 2.39. The Morgan fingerprint density at radius 3 is 2.77 bits per heavy atom. The Balaban J connectivity index is 1.47. The summed E-state index contributed by atoms with van der Waals surface area (Å²) in [6.07, 6.45) is 8.00. The van der Waals surface area contributed by atoms with Crippen molar-refractivity contribution in [1.82, 2.24) is 30.1 Å². The quantitative estimate of drug-likeness (QED) is 0.901. The summed E-state index contributed by atoms with van der Waals surface area (Å²) in [6.45, 7) is 1.11. The lowest BCUT2D eigenvalue weighted by molar-refractivity contribution is 0.0709. The molecular weight excluding hydrogens is 332 g/mol. The topological polar surface area (TPSA) is 88.9 Å². The van der Waals surface area contributed by atoms with Crippen molar-refractivity contribution in [2.24, 2.45) is 7.05 Å². The van der Waals surface area contributed by atoms with Crippen LogP contribution in [0, 0.1) is 0 Å². The van der Waals surface area contributed by atoms with Crippen LogP contribution in [-0.2, 0) is 11.8 Å². The zero-order valence-corrected chi connectivity index (χ0v) is 15.4. The molecule has 8 nitrogen and oxygen atoms in total. The summed E-state index contributed by atoms with van der Waals surface area (Å²) in [6, 6.07) is 1.94. The van der Waals surface area contributed by atoms with E-state index in [1.54, 1.807) is 11.8 Å². The fourth-order valence-corrected chi connectivity index (χ4v) is 4.23. The Labute approximate surface area is 152 Å².